The fourth-order valence-corrected chi connectivity index (χ4v) is 4.16. The van der Waals surface area contributed by atoms with Crippen LogP contribution in [0.25, 0.3) is 21.6 Å². The molecular weight excluding hydrogens is 396 g/mol. The number of nitrogens with one attached hydrogen (secondary N) is 2. The van der Waals surface area contributed by atoms with Crippen LogP contribution in [-0.2, 0) is 7.05 Å². The van der Waals surface area contributed by atoms with E-state index in [0.29, 0.717) is 5.69 Å². The molecule has 1 unspecified atom stereocenters. The Balaban J connectivity index is 1.46. The van der Waals surface area contributed by atoms with Gasteiger partial charge in [0.2, 0.25) is 0 Å². The fraction of sp³-hybridized carbons (Fsp3) is 0.0909. The summed E-state index contributed by atoms with van der Waals surface area (Å²) < 4.78 is 1.72. The summed E-state index contributed by atoms with van der Waals surface area (Å²) >= 11 is 1.43. The number of benzene rings is 2. The molecule has 1 amide bonds. The first-order chi connectivity index (χ1) is 14.7. The van der Waals surface area contributed by atoms with Gasteiger partial charge in [0.25, 0.3) is 5.91 Å². The van der Waals surface area contributed by atoms with Gasteiger partial charge < -0.3 is 10.3 Å². The molecule has 0 aliphatic heterocycles. The molecule has 8 heteroatoms. The van der Waals surface area contributed by atoms with E-state index in [-0.39, 0.29) is 11.9 Å². The van der Waals surface area contributed by atoms with Crippen molar-refractivity contribution in [3.05, 3.63) is 89.5 Å². The summed E-state index contributed by atoms with van der Waals surface area (Å²) in [6.07, 6.45) is 5.29. The molecule has 3 aromatic heterocycles. The lowest BCUT2D eigenvalue weighted by atomic mass is 9.98. The zero-order chi connectivity index (χ0) is 20.5. The number of carbonyl (C=O) groups is 1. The molecule has 30 heavy (non-hydrogen) atoms. The quantitative estimate of drug-likeness (QED) is 0.456. The highest BCUT2D eigenvalue weighted by molar-refractivity contribution is 7.13. The van der Waals surface area contributed by atoms with Gasteiger partial charge in [-0.3, -0.25) is 9.48 Å². The Labute approximate surface area is 176 Å². The Bertz CT molecular complexity index is 1320. The zero-order valence-electron chi connectivity index (χ0n) is 16.1. The minimum Gasteiger partial charge on any atom is -0.345 e. The molecule has 7 nitrogen and oxygen atoms in total. The third-order valence-corrected chi connectivity index (χ3v) is 5.77. The third kappa shape index (κ3) is 3.48. The lowest BCUT2D eigenvalue weighted by molar-refractivity contribution is 0.0938. The minimum absolute atomic E-state index is 0.222. The van der Waals surface area contributed by atoms with Crippen molar-refractivity contribution in [3.63, 3.8) is 0 Å². The number of fused-ring (bicyclic) bond motifs is 1. The van der Waals surface area contributed by atoms with E-state index in [1.165, 1.54) is 11.3 Å². The summed E-state index contributed by atoms with van der Waals surface area (Å²) in [5, 5.41) is 9.86. The van der Waals surface area contributed by atoms with E-state index in [9.17, 15) is 4.79 Å². The molecule has 2 N–H and O–H groups in total. The molecule has 2 aromatic carbocycles. The van der Waals surface area contributed by atoms with E-state index in [1.54, 1.807) is 22.6 Å². The van der Waals surface area contributed by atoms with Crippen molar-refractivity contribution in [2.45, 2.75) is 6.04 Å². The molecule has 0 aliphatic rings. The smallest absolute Gasteiger partial charge is 0.271 e. The molecule has 0 saturated heterocycles. The van der Waals surface area contributed by atoms with Crippen LogP contribution in [0, 0.1) is 0 Å². The van der Waals surface area contributed by atoms with Crippen LogP contribution in [0.4, 0.5) is 0 Å². The van der Waals surface area contributed by atoms with E-state index in [0.717, 1.165) is 32.7 Å². The molecular formula is C22H18N6OS. The lowest BCUT2D eigenvalue weighted by Gasteiger charge is -2.19. The molecule has 0 bridgehead atoms. The first-order valence-corrected chi connectivity index (χ1v) is 10.3. The molecule has 0 saturated carbocycles. The summed E-state index contributed by atoms with van der Waals surface area (Å²) in [6, 6.07) is 15.5. The molecule has 0 spiro atoms. The number of aromatic amines is 1. The number of hydrogen-bond donors (Lipinski definition) is 2. The highest BCUT2D eigenvalue weighted by atomic mass is 32.1. The Morgan fingerprint density at radius 2 is 2.03 bits per heavy atom. The number of nitrogens with zero attached hydrogens (tertiary/aromatic N) is 4. The Morgan fingerprint density at radius 1 is 1.17 bits per heavy atom. The van der Waals surface area contributed by atoms with E-state index >= 15 is 0 Å². The number of amides is 1. The van der Waals surface area contributed by atoms with Crippen molar-refractivity contribution >= 4 is 28.3 Å². The monoisotopic (exact) mass is 414 g/mol. The Morgan fingerprint density at radius 3 is 2.83 bits per heavy atom. The van der Waals surface area contributed by atoms with Crippen LogP contribution >= 0.6 is 11.3 Å². The van der Waals surface area contributed by atoms with E-state index in [1.807, 2.05) is 61.8 Å². The van der Waals surface area contributed by atoms with Gasteiger partial charge in [-0.25, -0.2) is 9.97 Å². The van der Waals surface area contributed by atoms with Crippen molar-refractivity contribution in [1.82, 2.24) is 30.0 Å². The maximum Gasteiger partial charge on any atom is 0.271 e. The van der Waals surface area contributed by atoms with E-state index in [2.05, 4.69) is 25.4 Å². The number of rotatable bonds is 5. The van der Waals surface area contributed by atoms with Crippen molar-refractivity contribution in [1.29, 1.82) is 0 Å². The van der Waals surface area contributed by atoms with Crippen LogP contribution in [-0.4, -0.2) is 30.6 Å². The Kier molecular flexibility index (Phi) is 4.61. The van der Waals surface area contributed by atoms with Gasteiger partial charge in [-0.05, 0) is 23.3 Å². The van der Waals surface area contributed by atoms with Gasteiger partial charge in [-0.1, -0.05) is 36.4 Å². The second-order valence-electron chi connectivity index (χ2n) is 6.94. The maximum absolute atomic E-state index is 13.1. The van der Waals surface area contributed by atoms with Gasteiger partial charge in [-0.2, -0.15) is 5.10 Å². The lowest BCUT2D eigenvalue weighted by Crippen LogP contribution is -2.29. The van der Waals surface area contributed by atoms with Gasteiger partial charge in [0.1, 0.15) is 10.7 Å². The highest BCUT2D eigenvalue weighted by Gasteiger charge is 2.20. The number of H-pyrrole nitrogens is 1. The number of thiazole rings is 1. The standard InChI is InChI=1S/C22H18N6OS/c1-28-11-16(10-25-28)22-26-19(12-30-22)21(29)27-20(14-5-3-2-4-6-14)15-7-8-17-18(9-15)24-13-23-17/h2-13,20H,1H3,(H,23,24)(H,27,29). The van der Waals surface area contributed by atoms with Crippen LogP contribution in [0.2, 0.25) is 0 Å². The van der Waals surface area contributed by atoms with E-state index in [4.69, 9.17) is 0 Å². The number of aryl methyl sites for hydroxylation is 1. The van der Waals surface area contributed by atoms with Gasteiger partial charge in [0.15, 0.2) is 0 Å². The summed E-state index contributed by atoms with van der Waals surface area (Å²) in [4.78, 5) is 25.0. The summed E-state index contributed by atoms with van der Waals surface area (Å²) in [6.45, 7) is 0. The number of carbonyl (C=O) groups excluding carboxylic acids is 1. The number of aromatic nitrogens is 5. The SMILES string of the molecule is Cn1cc(-c2nc(C(=O)NC(c3ccccc3)c3ccc4nc[nH]c4c3)cs2)cn1. The van der Waals surface area contributed by atoms with Crippen LogP contribution in [0.15, 0.2) is 72.6 Å². The second-order valence-corrected chi connectivity index (χ2v) is 7.79. The topological polar surface area (TPSA) is 88.5 Å². The first kappa shape index (κ1) is 18.3. The molecule has 0 aliphatic carbocycles. The Hall–Kier alpha value is -3.78. The predicted octanol–water partition coefficient (Wildman–Crippen LogP) is 3.94. The van der Waals surface area contributed by atoms with Crippen LogP contribution in [0.3, 0.4) is 0 Å². The molecule has 5 rings (SSSR count). The maximum atomic E-state index is 13.1. The second kappa shape index (κ2) is 7.57. The van der Waals surface area contributed by atoms with Gasteiger partial charge >= 0.3 is 0 Å². The normalized spacial score (nSPS) is 12.2. The average Bonchev–Trinajstić information content (AvgIpc) is 3.52. The predicted molar refractivity (Wildman–Crippen MR) is 116 cm³/mol. The van der Waals surface area contributed by atoms with Gasteiger partial charge in [0.05, 0.1) is 29.6 Å². The average molecular weight is 414 g/mol. The van der Waals surface area contributed by atoms with Crippen molar-refractivity contribution in [3.8, 4) is 10.6 Å². The molecule has 3 heterocycles. The number of imidazole rings is 1. The van der Waals surface area contributed by atoms with E-state index < -0.39 is 0 Å². The molecule has 1 atom stereocenters. The fourth-order valence-electron chi connectivity index (χ4n) is 3.38. The van der Waals surface area contributed by atoms with Crippen LogP contribution < -0.4 is 5.32 Å². The van der Waals surface area contributed by atoms with Gasteiger partial charge in [-0.15, -0.1) is 11.3 Å². The zero-order valence-corrected chi connectivity index (χ0v) is 16.9. The summed E-state index contributed by atoms with van der Waals surface area (Å²) in [5.74, 6) is -0.222. The van der Waals surface area contributed by atoms with Crippen molar-refractivity contribution < 1.29 is 4.79 Å². The van der Waals surface area contributed by atoms with Crippen LogP contribution in [0.1, 0.15) is 27.7 Å². The molecule has 5 aromatic rings. The molecule has 0 radical (unpaired) electrons. The highest BCUT2D eigenvalue weighted by Crippen LogP contribution is 2.27. The molecule has 148 valence electrons. The van der Waals surface area contributed by atoms with Crippen molar-refractivity contribution in [2.75, 3.05) is 0 Å². The summed E-state index contributed by atoms with van der Waals surface area (Å²) in [7, 11) is 1.85. The number of hydrogen-bond acceptors (Lipinski definition) is 5. The first-order valence-electron chi connectivity index (χ1n) is 9.41. The van der Waals surface area contributed by atoms with Crippen LogP contribution in [0.5, 0.6) is 0 Å². The van der Waals surface area contributed by atoms with Crippen molar-refractivity contribution in [2.24, 2.45) is 7.05 Å². The third-order valence-electron chi connectivity index (χ3n) is 4.87. The van der Waals surface area contributed by atoms with Gasteiger partial charge in [0, 0.05) is 24.2 Å². The molecule has 0 fully saturated rings. The largest absolute Gasteiger partial charge is 0.345 e. The minimum atomic E-state index is -0.310. The summed E-state index contributed by atoms with van der Waals surface area (Å²) in [5.41, 5.74) is 5.06.